The number of fused-ring (bicyclic) bond motifs is 1. The fraction of sp³-hybridized carbons (Fsp3) is 0.200. The number of hydrogen-bond acceptors (Lipinski definition) is 4. The maximum Gasteiger partial charge on any atom is 0.416 e. The third-order valence-corrected chi connectivity index (χ3v) is 6.70. The quantitative estimate of drug-likeness (QED) is 0.416. The number of benzene rings is 2. The second-order valence-corrected chi connectivity index (χ2v) is 9.04. The summed E-state index contributed by atoms with van der Waals surface area (Å²) >= 11 is 1.70. The van der Waals surface area contributed by atoms with Gasteiger partial charge in [-0.1, -0.05) is 42.5 Å². The van der Waals surface area contributed by atoms with Gasteiger partial charge in [0, 0.05) is 36.5 Å². The summed E-state index contributed by atoms with van der Waals surface area (Å²) in [5, 5.41) is 2.15. The lowest BCUT2D eigenvalue weighted by Gasteiger charge is -2.27. The van der Waals surface area contributed by atoms with E-state index in [1.807, 2.05) is 18.2 Å². The fourth-order valence-electron chi connectivity index (χ4n) is 4.04. The van der Waals surface area contributed by atoms with E-state index in [1.165, 1.54) is 28.1 Å². The lowest BCUT2D eigenvalue weighted by atomic mass is 10.1. The highest BCUT2D eigenvalue weighted by atomic mass is 32.1. The molecule has 0 atom stereocenters. The van der Waals surface area contributed by atoms with Crippen molar-refractivity contribution in [1.82, 2.24) is 14.9 Å². The van der Waals surface area contributed by atoms with E-state index in [0.717, 1.165) is 25.2 Å². The molecule has 2 aromatic heterocycles. The summed E-state index contributed by atoms with van der Waals surface area (Å²) in [6.07, 6.45) is -3.78. The molecule has 4 aromatic rings. The molecule has 8 heteroatoms. The number of hydrogen-bond donors (Lipinski definition) is 1. The number of nitrogens with zero attached hydrogens (tertiary/aromatic N) is 2. The number of H-pyrrole nitrogens is 1. The number of thiophene rings is 1. The second kappa shape index (κ2) is 8.61. The van der Waals surface area contributed by atoms with Crippen LogP contribution in [-0.2, 0) is 25.7 Å². The normalized spacial score (nSPS) is 14.3. The van der Waals surface area contributed by atoms with Crippen LogP contribution in [0.25, 0.3) is 22.5 Å². The third kappa shape index (κ3) is 4.62. The Bertz CT molecular complexity index is 1330. The van der Waals surface area contributed by atoms with Gasteiger partial charge in [-0.3, -0.25) is 9.69 Å². The van der Waals surface area contributed by atoms with E-state index in [2.05, 4.69) is 38.4 Å². The number of aromatic amines is 1. The first-order valence-corrected chi connectivity index (χ1v) is 11.4. The van der Waals surface area contributed by atoms with Crippen LogP contribution in [0.1, 0.15) is 21.7 Å². The molecule has 0 fully saturated rings. The summed E-state index contributed by atoms with van der Waals surface area (Å²) in [5.41, 5.74) is 3.19. The first kappa shape index (κ1) is 21.6. The van der Waals surface area contributed by atoms with E-state index in [0.29, 0.717) is 35.6 Å². The maximum absolute atomic E-state index is 12.8. The van der Waals surface area contributed by atoms with E-state index in [9.17, 15) is 18.0 Å². The van der Waals surface area contributed by atoms with Crippen LogP contribution in [0, 0.1) is 0 Å². The summed E-state index contributed by atoms with van der Waals surface area (Å²) < 4.78 is 38.4. The van der Waals surface area contributed by atoms with Gasteiger partial charge in [0.05, 0.1) is 16.8 Å². The molecular weight excluding hydrogens is 447 g/mol. The van der Waals surface area contributed by atoms with Gasteiger partial charge in [-0.25, -0.2) is 4.98 Å². The Balaban J connectivity index is 1.32. The number of alkyl halides is 3. The molecule has 4 nitrogen and oxygen atoms in total. The zero-order valence-electron chi connectivity index (χ0n) is 17.5. The summed E-state index contributed by atoms with van der Waals surface area (Å²) in [6.45, 7) is 2.00. The summed E-state index contributed by atoms with van der Waals surface area (Å²) in [6, 6.07) is 17.1. The topological polar surface area (TPSA) is 49.0 Å². The van der Waals surface area contributed by atoms with Gasteiger partial charge in [0.1, 0.15) is 5.82 Å². The van der Waals surface area contributed by atoms with E-state index >= 15 is 0 Å². The Hall–Kier alpha value is -3.23. The van der Waals surface area contributed by atoms with E-state index in [4.69, 9.17) is 0 Å². The van der Waals surface area contributed by atoms with Crippen molar-refractivity contribution in [2.24, 2.45) is 0 Å². The second-order valence-electron chi connectivity index (χ2n) is 8.04. The Kier molecular flexibility index (Phi) is 5.64. The number of halogens is 3. The van der Waals surface area contributed by atoms with Gasteiger partial charge in [0.25, 0.3) is 5.56 Å². The molecule has 0 saturated heterocycles. The predicted molar refractivity (Wildman–Crippen MR) is 123 cm³/mol. The maximum atomic E-state index is 12.8. The smallest absolute Gasteiger partial charge is 0.306 e. The number of rotatable bonds is 4. The molecule has 33 heavy (non-hydrogen) atoms. The van der Waals surface area contributed by atoms with Crippen molar-refractivity contribution in [3.8, 4) is 22.5 Å². The van der Waals surface area contributed by atoms with Crippen LogP contribution in [0.5, 0.6) is 0 Å². The van der Waals surface area contributed by atoms with E-state index < -0.39 is 11.7 Å². The zero-order valence-corrected chi connectivity index (χ0v) is 18.3. The minimum absolute atomic E-state index is 0.240. The van der Waals surface area contributed by atoms with Crippen LogP contribution >= 0.6 is 11.3 Å². The molecule has 168 valence electrons. The molecule has 1 aliphatic rings. The first-order chi connectivity index (χ1) is 15.9. The van der Waals surface area contributed by atoms with Crippen LogP contribution in [0.15, 0.2) is 70.8 Å². The third-order valence-electron chi connectivity index (χ3n) is 5.77. The minimum atomic E-state index is -4.40. The van der Waals surface area contributed by atoms with Crippen LogP contribution in [0.2, 0.25) is 0 Å². The molecule has 0 aliphatic carbocycles. The molecular formula is C25H20F3N3OS. The molecule has 0 unspecified atom stereocenters. The standard InChI is InChI=1S/C25H20F3N3OS/c26-25(27,28)19-8-6-17(7-9-19)23-29-22-10-11-31(14-21(22)24(32)30-23)13-20-12-18(15-33-20)16-4-2-1-3-5-16/h1-9,12,15H,10-11,13-14H2,(H,29,30,32). The van der Waals surface area contributed by atoms with Crippen molar-refractivity contribution < 1.29 is 13.2 Å². The van der Waals surface area contributed by atoms with Crippen molar-refractivity contribution in [1.29, 1.82) is 0 Å². The van der Waals surface area contributed by atoms with Crippen LogP contribution in [-0.4, -0.2) is 21.4 Å². The Morgan fingerprint density at radius 2 is 1.76 bits per heavy atom. The van der Waals surface area contributed by atoms with Gasteiger partial charge >= 0.3 is 6.18 Å². The molecule has 0 amide bonds. The number of nitrogens with one attached hydrogen (secondary N) is 1. The van der Waals surface area contributed by atoms with Crippen LogP contribution in [0.4, 0.5) is 13.2 Å². The van der Waals surface area contributed by atoms with E-state index in [1.54, 1.807) is 11.3 Å². The molecule has 3 heterocycles. The highest BCUT2D eigenvalue weighted by molar-refractivity contribution is 7.10. The largest absolute Gasteiger partial charge is 0.416 e. The van der Waals surface area contributed by atoms with Gasteiger partial charge in [0.2, 0.25) is 0 Å². The summed E-state index contributed by atoms with van der Waals surface area (Å²) in [7, 11) is 0. The molecule has 1 aliphatic heterocycles. The molecule has 1 N–H and O–H groups in total. The summed E-state index contributed by atoms with van der Waals surface area (Å²) in [5.74, 6) is 0.298. The van der Waals surface area contributed by atoms with Gasteiger partial charge in [-0.15, -0.1) is 11.3 Å². The Labute approximate surface area is 192 Å². The Morgan fingerprint density at radius 1 is 1.00 bits per heavy atom. The molecule has 0 spiro atoms. The zero-order chi connectivity index (χ0) is 23.0. The fourth-order valence-corrected chi connectivity index (χ4v) is 4.97. The molecule has 0 radical (unpaired) electrons. The van der Waals surface area contributed by atoms with Crippen molar-refractivity contribution in [2.45, 2.75) is 25.7 Å². The van der Waals surface area contributed by atoms with Crippen molar-refractivity contribution >= 4 is 11.3 Å². The van der Waals surface area contributed by atoms with Gasteiger partial charge in [0.15, 0.2) is 0 Å². The Morgan fingerprint density at radius 3 is 2.48 bits per heavy atom. The molecule has 2 aromatic carbocycles. The SMILES string of the molecule is O=c1[nH]c(-c2ccc(C(F)(F)F)cc2)nc2c1CN(Cc1cc(-c3ccccc3)cs1)CC2. The van der Waals surface area contributed by atoms with E-state index in [-0.39, 0.29) is 5.56 Å². The molecule has 0 bridgehead atoms. The summed E-state index contributed by atoms with van der Waals surface area (Å²) in [4.78, 5) is 23.5. The lowest BCUT2D eigenvalue weighted by Crippen LogP contribution is -2.35. The lowest BCUT2D eigenvalue weighted by molar-refractivity contribution is -0.137. The molecule has 0 saturated carbocycles. The number of aromatic nitrogens is 2. The average Bonchev–Trinajstić information content (AvgIpc) is 3.28. The predicted octanol–water partition coefficient (Wildman–Crippen LogP) is 5.74. The van der Waals surface area contributed by atoms with Gasteiger partial charge in [-0.05, 0) is 34.7 Å². The monoisotopic (exact) mass is 467 g/mol. The highest BCUT2D eigenvalue weighted by Gasteiger charge is 2.30. The van der Waals surface area contributed by atoms with Gasteiger partial charge < -0.3 is 4.98 Å². The van der Waals surface area contributed by atoms with Crippen molar-refractivity contribution in [3.63, 3.8) is 0 Å². The minimum Gasteiger partial charge on any atom is -0.306 e. The van der Waals surface area contributed by atoms with Crippen molar-refractivity contribution in [3.05, 3.63) is 98.1 Å². The van der Waals surface area contributed by atoms with Crippen molar-refractivity contribution in [2.75, 3.05) is 6.54 Å². The van der Waals surface area contributed by atoms with Gasteiger partial charge in [-0.2, -0.15) is 13.2 Å². The first-order valence-electron chi connectivity index (χ1n) is 10.5. The molecule has 5 rings (SSSR count). The highest BCUT2D eigenvalue weighted by Crippen LogP contribution is 2.31. The van der Waals surface area contributed by atoms with Crippen LogP contribution < -0.4 is 5.56 Å². The van der Waals surface area contributed by atoms with Crippen LogP contribution in [0.3, 0.4) is 0 Å². The average molecular weight is 468 g/mol.